The first-order chi connectivity index (χ1) is 13.1. The number of amides is 1. The molecule has 27 heavy (non-hydrogen) atoms. The van der Waals surface area contributed by atoms with E-state index < -0.39 is 0 Å². The Bertz CT molecular complexity index is 856. The third-order valence-corrected chi connectivity index (χ3v) is 5.46. The van der Waals surface area contributed by atoms with Gasteiger partial charge in [-0.3, -0.25) is 4.79 Å². The van der Waals surface area contributed by atoms with Crippen LogP contribution in [0.4, 0.5) is 5.69 Å². The van der Waals surface area contributed by atoms with Crippen molar-refractivity contribution in [3.8, 4) is 5.75 Å². The molecule has 1 amide bonds. The monoisotopic (exact) mass is 392 g/mol. The zero-order valence-corrected chi connectivity index (χ0v) is 16.0. The summed E-state index contributed by atoms with van der Waals surface area (Å²) in [6.45, 7) is 1.55. The summed E-state index contributed by atoms with van der Waals surface area (Å²) in [5.41, 5.74) is 1.91. The maximum Gasteiger partial charge on any atom is 0.280 e. The van der Waals surface area contributed by atoms with E-state index in [9.17, 15) is 4.79 Å². The predicted molar refractivity (Wildman–Crippen MR) is 98.7 cm³/mol. The molecule has 8 nitrogen and oxygen atoms in total. The van der Waals surface area contributed by atoms with Gasteiger partial charge in [0.2, 0.25) is 0 Å². The Hall–Kier alpha value is -2.16. The van der Waals surface area contributed by atoms with Gasteiger partial charge >= 0.3 is 0 Å². The molecule has 0 N–H and O–H groups in total. The Morgan fingerprint density at radius 3 is 2.96 bits per heavy atom. The van der Waals surface area contributed by atoms with Crippen molar-refractivity contribution in [2.45, 2.75) is 25.0 Å². The van der Waals surface area contributed by atoms with Gasteiger partial charge in [0.15, 0.2) is 5.69 Å². The van der Waals surface area contributed by atoms with Crippen molar-refractivity contribution in [3.63, 3.8) is 0 Å². The largest absolute Gasteiger partial charge is 0.495 e. The maximum atomic E-state index is 13.2. The maximum absolute atomic E-state index is 13.2. The lowest BCUT2D eigenvalue weighted by molar-refractivity contribution is 0.0661. The molecular formula is C18H21ClN4O4. The molecular weight excluding hydrogens is 372 g/mol. The van der Waals surface area contributed by atoms with Crippen LogP contribution in [-0.4, -0.2) is 61.0 Å². The molecule has 0 aliphatic carbocycles. The lowest BCUT2D eigenvalue weighted by atomic mass is 10.0. The highest BCUT2D eigenvalue weighted by Crippen LogP contribution is 2.40. The van der Waals surface area contributed by atoms with Crippen LogP contribution in [-0.2, 0) is 15.9 Å². The number of benzene rings is 1. The van der Waals surface area contributed by atoms with Crippen LogP contribution in [0, 0.1) is 0 Å². The quantitative estimate of drug-likeness (QED) is 0.793. The van der Waals surface area contributed by atoms with Crippen LogP contribution in [0.1, 0.15) is 28.5 Å². The molecule has 0 bridgehead atoms. The molecule has 2 aliphatic rings. The van der Waals surface area contributed by atoms with Crippen LogP contribution < -0.4 is 9.64 Å². The molecule has 2 aliphatic heterocycles. The van der Waals surface area contributed by atoms with E-state index in [4.69, 9.17) is 25.8 Å². The Morgan fingerprint density at radius 2 is 2.19 bits per heavy atom. The molecule has 4 rings (SSSR count). The molecule has 2 aromatic rings. The van der Waals surface area contributed by atoms with Gasteiger partial charge in [0.1, 0.15) is 17.9 Å². The van der Waals surface area contributed by atoms with Crippen LogP contribution in [0.25, 0.3) is 0 Å². The number of hydrogen-bond acceptors (Lipinski definition) is 6. The summed E-state index contributed by atoms with van der Waals surface area (Å²) in [6, 6.07) is 3.48. The summed E-state index contributed by atoms with van der Waals surface area (Å²) in [6.07, 6.45) is 3.17. The average Bonchev–Trinajstić information content (AvgIpc) is 3.36. The van der Waals surface area contributed by atoms with Crippen molar-refractivity contribution in [2.75, 3.05) is 38.9 Å². The van der Waals surface area contributed by atoms with E-state index in [0.29, 0.717) is 30.5 Å². The first-order valence-corrected chi connectivity index (χ1v) is 9.21. The van der Waals surface area contributed by atoms with Crippen LogP contribution in [0.15, 0.2) is 18.3 Å². The fourth-order valence-electron chi connectivity index (χ4n) is 3.69. The molecule has 0 spiro atoms. The number of methoxy groups -OCH3 is 2. The number of ether oxygens (including phenoxy) is 3. The summed E-state index contributed by atoms with van der Waals surface area (Å²) < 4.78 is 18.0. The average molecular weight is 393 g/mol. The van der Waals surface area contributed by atoms with Gasteiger partial charge in [-0.1, -0.05) is 16.8 Å². The highest BCUT2D eigenvalue weighted by Gasteiger charge is 2.33. The number of halogens is 1. The van der Waals surface area contributed by atoms with E-state index in [1.54, 1.807) is 42.1 Å². The van der Waals surface area contributed by atoms with E-state index in [-0.39, 0.29) is 23.7 Å². The fourth-order valence-corrected chi connectivity index (χ4v) is 3.93. The molecule has 2 atom stereocenters. The standard InChI is InChI=1S/C18H21ClN4O4/c1-25-15-6-5-12(19)11-4-3-7-22(17(11)15)18(24)13-8-23(21-20-13)14-9-27-10-16(14)26-2/h5-6,8,14,16H,3-4,7,9-10H2,1-2H3/t14-,16-/m1/s1. The summed E-state index contributed by atoms with van der Waals surface area (Å²) in [5.74, 6) is 0.397. The van der Waals surface area contributed by atoms with E-state index >= 15 is 0 Å². The summed E-state index contributed by atoms with van der Waals surface area (Å²) >= 11 is 6.36. The lowest BCUT2D eigenvalue weighted by Gasteiger charge is -2.30. The second-order valence-corrected chi connectivity index (χ2v) is 7.01. The van der Waals surface area contributed by atoms with Crippen molar-refractivity contribution in [1.29, 1.82) is 0 Å². The van der Waals surface area contributed by atoms with Gasteiger partial charge in [-0.15, -0.1) is 5.10 Å². The van der Waals surface area contributed by atoms with Crippen molar-refractivity contribution in [3.05, 3.63) is 34.6 Å². The first kappa shape index (κ1) is 18.2. The fraction of sp³-hybridized carbons (Fsp3) is 0.500. The molecule has 144 valence electrons. The highest BCUT2D eigenvalue weighted by atomic mass is 35.5. The van der Waals surface area contributed by atoms with Gasteiger partial charge in [0, 0.05) is 18.7 Å². The van der Waals surface area contributed by atoms with Crippen LogP contribution in [0.3, 0.4) is 0 Å². The van der Waals surface area contributed by atoms with Gasteiger partial charge in [-0.25, -0.2) is 4.68 Å². The smallest absolute Gasteiger partial charge is 0.280 e. The number of hydrogen-bond donors (Lipinski definition) is 0. The van der Waals surface area contributed by atoms with Crippen LogP contribution >= 0.6 is 11.6 Å². The minimum Gasteiger partial charge on any atom is -0.495 e. The Balaban J connectivity index is 1.65. The number of rotatable bonds is 4. The number of carbonyl (C=O) groups excluding carboxylic acids is 1. The van der Waals surface area contributed by atoms with E-state index in [2.05, 4.69) is 10.3 Å². The summed E-state index contributed by atoms with van der Waals surface area (Å²) in [5, 5.41) is 8.86. The van der Waals surface area contributed by atoms with Gasteiger partial charge in [0.05, 0.1) is 32.2 Å². The predicted octanol–water partition coefficient (Wildman–Crippen LogP) is 2.12. The zero-order chi connectivity index (χ0) is 19.0. The van der Waals surface area contributed by atoms with E-state index in [1.807, 2.05) is 0 Å². The number of nitrogens with zero attached hydrogens (tertiary/aromatic N) is 4. The Kier molecular flexibility index (Phi) is 5.03. The van der Waals surface area contributed by atoms with Crippen molar-refractivity contribution < 1.29 is 19.0 Å². The van der Waals surface area contributed by atoms with Gasteiger partial charge in [-0.2, -0.15) is 0 Å². The topological polar surface area (TPSA) is 78.7 Å². The molecule has 1 aromatic carbocycles. The van der Waals surface area contributed by atoms with E-state index in [1.165, 1.54) is 0 Å². The molecule has 1 aromatic heterocycles. The molecule has 1 saturated heterocycles. The molecule has 9 heteroatoms. The molecule has 1 fully saturated rings. The molecule has 3 heterocycles. The Morgan fingerprint density at radius 1 is 1.33 bits per heavy atom. The summed E-state index contributed by atoms with van der Waals surface area (Å²) in [7, 11) is 3.22. The van der Waals surface area contributed by atoms with E-state index in [0.717, 1.165) is 24.1 Å². The molecule has 0 saturated carbocycles. The highest BCUT2D eigenvalue weighted by molar-refractivity contribution is 6.32. The molecule has 0 unspecified atom stereocenters. The van der Waals surface area contributed by atoms with Crippen LogP contribution in [0.5, 0.6) is 5.75 Å². The number of fused-ring (bicyclic) bond motifs is 1. The first-order valence-electron chi connectivity index (χ1n) is 8.83. The van der Waals surface area contributed by atoms with Crippen molar-refractivity contribution >= 4 is 23.2 Å². The second kappa shape index (κ2) is 7.46. The number of anilines is 1. The zero-order valence-electron chi connectivity index (χ0n) is 15.2. The van der Waals surface area contributed by atoms with Gasteiger partial charge in [-0.05, 0) is 30.5 Å². The van der Waals surface area contributed by atoms with Gasteiger partial charge < -0.3 is 19.1 Å². The van der Waals surface area contributed by atoms with Gasteiger partial charge in [0.25, 0.3) is 5.91 Å². The van der Waals surface area contributed by atoms with Crippen molar-refractivity contribution in [2.24, 2.45) is 0 Å². The number of aromatic nitrogens is 3. The summed E-state index contributed by atoms with van der Waals surface area (Å²) in [4.78, 5) is 14.8. The second-order valence-electron chi connectivity index (χ2n) is 6.60. The third-order valence-electron chi connectivity index (χ3n) is 5.10. The molecule has 0 radical (unpaired) electrons. The Labute approximate surface area is 161 Å². The third kappa shape index (κ3) is 3.18. The minimum atomic E-state index is -0.226. The minimum absolute atomic E-state index is 0.0957. The van der Waals surface area contributed by atoms with Crippen molar-refractivity contribution in [1.82, 2.24) is 15.0 Å². The lowest BCUT2D eigenvalue weighted by Crippen LogP contribution is -2.36. The van der Waals surface area contributed by atoms with Crippen LogP contribution in [0.2, 0.25) is 5.02 Å². The number of carbonyl (C=O) groups is 1. The normalized spacial score (nSPS) is 22.0. The SMILES string of the molecule is COc1ccc(Cl)c2c1N(C(=O)c1cn([C@@H]3COC[C@H]3OC)nn1)CCC2.